The zero-order valence-corrected chi connectivity index (χ0v) is 21.2. The molecule has 9 heteroatoms. The van der Waals surface area contributed by atoms with Crippen molar-refractivity contribution < 1.29 is 24.3 Å². The molecule has 3 amide bonds. The number of benzene rings is 1. The summed E-state index contributed by atoms with van der Waals surface area (Å²) in [6.45, 7) is 8.14. The average molecular weight is 489 g/mol. The minimum atomic E-state index is -1.15. The number of rotatable bonds is 12. The number of nitrogens with one attached hydrogen (secondary N) is 2. The Morgan fingerprint density at radius 1 is 1.11 bits per heavy atom. The quantitative estimate of drug-likeness (QED) is 0.353. The molecule has 9 nitrogen and oxygen atoms in total. The Morgan fingerprint density at radius 2 is 1.77 bits per heavy atom. The van der Waals surface area contributed by atoms with Crippen LogP contribution < -0.4 is 16.4 Å². The number of amides is 3. The van der Waals surface area contributed by atoms with Crippen molar-refractivity contribution in [3.8, 4) is 0 Å². The zero-order chi connectivity index (χ0) is 26.1. The summed E-state index contributed by atoms with van der Waals surface area (Å²) in [5, 5.41) is 15.1. The maximum absolute atomic E-state index is 13.2. The molecule has 1 aliphatic rings. The summed E-state index contributed by atoms with van der Waals surface area (Å²) in [5.74, 6) is -2.36. The monoisotopic (exact) mass is 488 g/mol. The van der Waals surface area contributed by atoms with Gasteiger partial charge in [-0.2, -0.15) is 0 Å². The van der Waals surface area contributed by atoms with Crippen LogP contribution in [0.4, 0.5) is 0 Å². The fourth-order valence-electron chi connectivity index (χ4n) is 4.39. The molecule has 194 valence electrons. The highest BCUT2D eigenvalue weighted by Crippen LogP contribution is 2.21. The summed E-state index contributed by atoms with van der Waals surface area (Å²) in [5.41, 5.74) is 6.86. The Bertz CT molecular complexity index is 876. The van der Waals surface area contributed by atoms with Gasteiger partial charge in [-0.1, -0.05) is 64.4 Å². The second-order valence-corrected chi connectivity index (χ2v) is 9.89. The number of nitrogens with two attached hydrogens (primary N) is 1. The maximum Gasteiger partial charge on any atom is 0.326 e. The highest BCUT2D eigenvalue weighted by Gasteiger charge is 2.38. The van der Waals surface area contributed by atoms with Crippen LogP contribution in [0.15, 0.2) is 30.3 Å². The Hall–Kier alpha value is -2.94. The molecule has 1 aliphatic heterocycles. The first-order valence-corrected chi connectivity index (χ1v) is 12.5. The minimum absolute atomic E-state index is 0.127. The number of hydrogen-bond acceptors (Lipinski definition) is 5. The van der Waals surface area contributed by atoms with Gasteiger partial charge in [-0.15, -0.1) is 0 Å². The van der Waals surface area contributed by atoms with Crippen LogP contribution in [0.5, 0.6) is 0 Å². The number of carboxylic acids is 1. The summed E-state index contributed by atoms with van der Waals surface area (Å²) in [7, 11) is 0. The van der Waals surface area contributed by atoms with Crippen LogP contribution in [0.1, 0.15) is 58.9 Å². The van der Waals surface area contributed by atoms with Crippen LogP contribution in [0.2, 0.25) is 0 Å². The Kier molecular flexibility index (Phi) is 10.7. The highest BCUT2D eigenvalue weighted by molar-refractivity contribution is 5.94. The van der Waals surface area contributed by atoms with E-state index in [9.17, 15) is 24.3 Å². The minimum Gasteiger partial charge on any atom is -0.480 e. The topological polar surface area (TPSA) is 142 Å². The van der Waals surface area contributed by atoms with Crippen LogP contribution in [0, 0.1) is 11.8 Å². The number of carboxylic acid groups (broad SMARTS) is 1. The lowest BCUT2D eigenvalue weighted by molar-refractivity contribution is -0.143. The van der Waals surface area contributed by atoms with Crippen molar-refractivity contribution in [3.05, 3.63) is 35.9 Å². The molecule has 1 heterocycles. The third-order valence-corrected chi connectivity index (χ3v) is 6.57. The molecular weight excluding hydrogens is 448 g/mol. The van der Waals surface area contributed by atoms with E-state index in [1.165, 1.54) is 4.90 Å². The largest absolute Gasteiger partial charge is 0.480 e. The molecule has 1 saturated heterocycles. The highest BCUT2D eigenvalue weighted by atomic mass is 16.4. The van der Waals surface area contributed by atoms with Gasteiger partial charge < -0.3 is 26.4 Å². The molecule has 1 aromatic carbocycles. The Balaban J connectivity index is 2.12. The molecule has 1 aromatic rings. The molecule has 5 atom stereocenters. The van der Waals surface area contributed by atoms with Crippen LogP contribution in [-0.4, -0.2) is 64.4 Å². The lowest BCUT2D eigenvalue weighted by Gasteiger charge is -2.30. The molecule has 0 aromatic heterocycles. The predicted octanol–water partition coefficient (Wildman–Crippen LogP) is 1.69. The Morgan fingerprint density at radius 3 is 2.34 bits per heavy atom. The van der Waals surface area contributed by atoms with Crippen LogP contribution in [-0.2, 0) is 25.6 Å². The van der Waals surface area contributed by atoms with Gasteiger partial charge in [0.2, 0.25) is 17.7 Å². The number of hydrogen-bond donors (Lipinski definition) is 4. The van der Waals surface area contributed by atoms with Crippen molar-refractivity contribution >= 4 is 23.7 Å². The van der Waals surface area contributed by atoms with Crippen molar-refractivity contribution in [1.29, 1.82) is 0 Å². The molecule has 0 aliphatic carbocycles. The third kappa shape index (κ3) is 8.06. The fourth-order valence-corrected chi connectivity index (χ4v) is 4.39. The number of carbonyl (C=O) groups excluding carboxylic acids is 3. The zero-order valence-electron chi connectivity index (χ0n) is 21.2. The van der Waals surface area contributed by atoms with Gasteiger partial charge in [-0.05, 0) is 36.7 Å². The summed E-state index contributed by atoms with van der Waals surface area (Å²) < 4.78 is 0. The average Bonchev–Trinajstić information content (AvgIpc) is 3.31. The van der Waals surface area contributed by atoms with Crippen LogP contribution >= 0.6 is 0 Å². The maximum atomic E-state index is 13.2. The van der Waals surface area contributed by atoms with Gasteiger partial charge in [0.15, 0.2) is 0 Å². The van der Waals surface area contributed by atoms with Gasteiger partial charge >= 0.3 is 5.97 Å². The molecular formula is C26H40N4O5. The number of likely N-dealkylation sites (tertiary alicyclic amines) is 1. The molecule has 0 saturated carbocycles. The second kappa shape index (κ2) is 13.2. The first kappa shape index (κ1) is 28.3. The lowest BCUT2D eigenvalue weighted by Crippen LogP contribution is -2.58. The van der Waals surface area contributed by atoms with E-state index in [4.69, 9.17) is 5.73 Å². The van der Waals surface area contributed by atoms with Crippen LogP contribution in [0.3, 0.4) is 0 Å². The van der Waals surface area contributed by atoms with Crippen molar-refractivity contribution in [2.75, 3.05) is 6.54 Å². The van der Waals surface area contributed by atoms with E-state index in [2.05, 4.69) is 10.6 Å². The van der Waals surface area contributed by atoms with E-state index in [-0.39, 0.29) is 24.2 Å². The van der Waals surface area contributed by atoms with E-state index < -0.39 is 42.0 Å². The van der Waals surface area contributed by atoms with Gasteiger partial charge in [-0.3, -0.25) is 14.4 Å². The molecule has 2 rings (SSSR count). The summed E-state index contributed by atoms with van der Waals surface area (Å²) >= 11 is 0. The molecule has 35 heavy (non-hydrogen) atoms. The molecule has 5 N–H and O–H groups in total. The molecule has 0 bridgehead atoms. The van der Waals surface area contributed by atoms with Gasteiger partial charge in [0.05, 0.1) is 6.04 Å². The Labute approximate surface area is 207 Å². The first-order chi connectivity index (χ1) is 16.5. The van der Waals surface area contributed by atoms with Gasteiger partial charge in [0, 0.05) is 13.0 Å². The second-order valence-electron chi connectivity index (χ2n) is 9.89. The van der Waals surface area contributed by atoms with Crippen molar-refractivity contribution in [2.45, 2.75) is 84.0 Å². The van der Waals surface area contributed by atoms with E-state index in [1.54, 1.807) is 24.3 Å². The number of carbonyl (C=O) groups is 4. The van der Waals surface area contributed by atoms with E-state index in [0.717, 1.165) is 5.56 Å². The normalized spacial score (nSPS) is 19.0. The molecule has 0 spiro atoms. The predicted molar refractivity (Wildman–Crippen MR) is 133 cm³/mol. The number of nitrogens with zero attached hydrogens (tertiary/aromatic N) is 1. The summed E-state index contributed by atoms with van der Waals surface area (Å²) in [4.78, 5) is 52.6. The molecule has 0 radical (unpaired) electrons. The summed E-state index contributed by atoms with van der Waals surface area (Å²) in [6.07, 6.45) is 2.42. The van der Waals surface area contributed by atoms with Crippen LogP contribution in [0.25, 0.3) is 0 Å². The summed E-state index contributed by atoms with van der Waals surface area (Å²) in [6, 6.07) is 5.61. The SMILES string of the molecule is CCC(C)C(NC(=O)C1CCCN1C(=O)C(N)CC(C)C)C(=O)NC(Cc1ccccc1)C(=O)O. The third-order valence-electron chi connectivity index (χ3n) is 6.57. The number of aliphatic carboxylic acids is 1. The molecule has 5 unspecified atom stereocenters. The standard InChI is InChI=1S/C26H40N4O5/c1-5-17(4)22(24(32)28-20(26(34)35)15-18-10-7-6-8-11-18)29-23(31)21-12-9-13-30(21)25(33)19(27)14-16(2)3/h6-8,10-11,16-17,19-22H,5,9,12-15,27H2,1-4H3,(H,28,32)(H,29,31)(H,34,35). The van der Waals surface area contributed by atoms with E-state index in [0.29, 0.717) is 32.2 Å². The van der Waals surface area contributed by atoms with E-state index in [1.807, 2.05) is 33.8 Å². The first-order valence-electron chi connectivity index (χ1n) is 12.5. The molecule has 1 fully saturated rings. The van der Waals surface area contributed by atoms with E-state index >= 15 is 0 Å². The fraction of sp³-hybridized carbons (Fsp3) is 0.615. The van der Waals surface area contributed by atoms with Crippen molar-refractivity contribution in [3.63, 3.8) is 0 Å². The van der Waals surface area contributed by atoms with Gasteiger partial charge in [0.25, 0.3) is 0 Å². The lowest BCUT2D eigenvalue weighted by atomic mass is 9.96. The van der Waals surface area contributed by atoms with Crippen molar-refractivity contribution in [1.82, 2.24) is 15.5 Å². The smallest absolute Gasteiger partial charge is 0.326 e. The van der Waals surface area contributed by atoms with Crippen molar-refractivity contribution in [2.24, 2.45) is 17.6 Å². The van der Waals surface area contributed by atoms with Gasteiger partial charge in [-0.25, -0.2) is 4.79 Å². The van der Waals surface area contributed by atoms with Gasteiger partial charge in [0.1, 0.15) is 18.1 Å².